The van der Waals surface area contributed by atoms with Crippen molar-refractivity contribution in [3.8, 4) is 11.5 Å². The van der Waals surface area contributed by atoms with E-state index in [-0.39, 0.29) is 5.97 Å². The molecule has 0 aromatic heterocycles. The maximum absolute atomic E-state index is 12.1. The molecule has 38 heavy (non-hydrogen) atoms. The zero-order chi connectivity index (χ0) is 27.2. The maximum atomic E-state index is 12.1. The van der Waals surface area contributed by atoms with Gasteiger partial charge in [0.15, 0.2) is 0 Å². The number of carbonyl (C=O) groups excluding carboxylic acids is 1. The number of hydrogen-bond acceptors (Lipinski definition) is 4. The van der Waals surface area contributed by atoms with Crippen LogP contribution in [-0.2, 0) is 22.6 Å². The molecule has 0 aliphatic heterocycles. The summed E-state index contributed by atoms with van der Waals surface area (Å²) in [5.41, 5.74) is 3.28. The average Bonchev–Trinajstić information content (AvgIpc) is 2.90. The molecule has 3 aromatic rings. The van der Waals surface area contributed by atoms with Gasteiger partial charge in [-0.3, -0.25) is 9.28 Å². The van der Waals surface area contributed by atoms with Gasteiger partial charge < -0.3 is 14.2 Å². The van der Waals surface area contributed by atoms with Crippen molar-refractivity contribution in [3.05, 3.63) is 88.9 Å². The second-order valence-corrected chi connectivity index (χ2v) is 10.9. The molecule has 0 amide bonds. The molecular formula is C32H41ClNO4+. The molecule has 0 aliphatic carbocycles. The number of ether oxygens (including phenoxy) is 3. The van der Waals surface area contributed by atoms with Gasteiger partial charge in [-0.05, 0) is 72.5 Å². The van der Waals surface area contributed by atoms with Gasteiger partial charge in [-0.1, -0.05) is 61.5 Å². The van der Waals surface area contributed by atoms with E-state index in [0.29, 0.717) is 26.2 Å². The predicted octanol–water partition coefficient (Wildman–Crippen LogP) is 7.62. The third kappa shape index (κ3) is 11.2. The van der Waals surface area contributed by atoms with E-state index >= 15 is 0 Å². The fourth-order valence-corrected chi connectivity index (χ4v) is 4.07. The van der Waals surface area contributed by atoms with Gasteiger partial charge in [0, 0.05) is 5.02 Å². The molecule has 0 radical (unpaired) electrons. The van der Waals surface area contributed by atoms with Crippen LogP contribution in [0.1, 0.15) is 49.7 Å². The molecule has 3 aromatic carbocycles. The van der Waals surface area contributed by atoms with Crippen molar-refractivity contribution >= 4 is 23.3 Å². The Balaban J connectivity index is 1.16. The summed E-state index contributed by atoms with van der Waals surface area (Å²) in [6, 6.07) is 23.6. The van der Waals surface area contributed by atoms with Crippen molar-refractivity contribution in [3.63, 3.8) is 0 Å². The number of benzene rings is 3. The Morgan fingerprint density at radius 3 is 1.79 bits per heavy atom. The lowest BCUT2D eigenvalue weighted by Gasteiger charge is -2.23. The largest absolute Gasteiger partial charge is 0.494 e. The van der Waals surface area contributed by atoms with Crippen LogP contribution in [0.5, 0.6) is 11.5 Å². The van der Waals surface area contributed by atoms with Gasteiger partial charge in [0.25, 0.3) is 0 Å². The Labute approximate surface area is 232 Å². The lowest BCUT2D eigenvalue weighted by Crippen LogP contribution is -2.34. The van der Waals surface area contributed by atoms with Crippen LogP contribution < -0.4 is 14.0 Å². The van der Waals surface area contributed by atoms with E-state index in [0.717, 1.165) is 70.7 Å². The van der Waals surface area contributed by atoms with Gasteiger partial charge in [0.1, 0.15) is 23.8 Å². The lowest BCUT2D eigenvalue weighted by molar-refractivity contribution is -0.142. The SMILES string of the molecule is C[N+](C)(C)c1ccc(CC(=O)OCCCCCCCCOc2ccc(OCc3ccc(Cl)cc3)cc2)cc1. The highest BCUT2D eigenvalue weighted by Gasteiger charge is 2.12. The molecule has 0 fully saturated rings. The van der Waals surface area contributed by atoms with E-state index in [9.17, 15) is 4.79 Å². The third-order valence-electron chi connectivity index (χ3n) is 6.27. The first-order chi connectivity index (χ1) is 18.3. The quantitative estimate of drug-likeness (QED) is 0.107. The number of carbonyl (C=O) groups is 1. The minimum atomic E-state index is -0.152. The van der Waals surface area contributed by atoms with Gasteiger partial charge in [0.2, 0.25) is 0 Å². The summed E-state index contributed by atoms with van der Waals surface area (Å²) in [7, 11) is 6.37. The number of nitrogens with zero attached hydrogens (tertiary/aromatic N) is 1. The zero-order valence-corrected chi connectivity index (χ0v) is 23.7. The van der Waals surface area contributed by atoms with E-state index in [4.69, 9.17) is 25.8 Å². The van der Waals surface area contributed by atoms with E-state index in [1.54, 1.807) is 0 Å². The Bertz CT molecular complexity index is 1090. The molecule has 0 unspecified atom stereocenters. The molecular weight excluding hydrogens is 498 g/mol. The van der Waals surface area contributed by atoms with Crippen molar-refractivity contribution in [2.75, 3.05) is 34.4 Å². The van der Waals surface area contributed by atoms with E-state index in [2.05, 4.69) is 33.3 Å². The Hall–Kier alpha value is -3.02. The Morgan fingerprint density at radius 1 is 0.658 bits per heavy atom. The molecule has 6 heteroatoms. The minimum Gasteiger partial charge on any atom is -0.494 e. The first-order valence-corrected chi connectivity index (χ1v) is 13.8. The molecule has 0 saturated carbocycles. The molecule has 3 rings (SSSR count). The summed E-state index contributed by atoms with van der Waals surface area (Å²) < 4.78 is 17.8. The maximum Gasteiger partial charge on any atom is 0.310 e. The lowest BCUT2D eigenvalue weighted by atomic mass is 10.1. The number of quaternary nitrogens is 1. The highest BCUT2D eigenvalue weighted by molar-refractivity contribution is 6.30. The van der Waals surface area contributed by atoms with E-state index < -0.39 is 0 Å². The topological polar surface area (TPSA) is 44.8 Å². The number of unbranched alkanes of at least 4 members (excludes halogenated alkanes) is 5. The number of rotatable bonds is 16. The Morgan fingerprint density at radius 2 is 1.18 bits per heavy atom. The second-order valence-electron chi connectivity index (χ2n) is 10.4. The van der Waals surface area contributed by atoms with Crippen LogP contribution in [0, 0.1) is 0 Å². The summed E-state index contributed by atoms with van der Waals surface area (Å²) in [5, 5.41) is 0.724. The van der Waals surface area contributed by atoms with Crippen LogP contribution in [0.2, 0.25) is 5.02 Å². The fourth-order valence-electron chi connectivity index (χ4n) is 3.95. The third-order valence-corrected chi connectivity index (χ3v) is 6.52. The van der Waals surface area contributed by atoms with E-state index in [1.165, 1.54) is 5.69 Å². The van der Waals surface area contributed by atoms with Gasteiger partial charge in [0.05, 0.1) is 40.8 Å². The van der Waals surface area contributed by atoms with Crippen LogP contribution in [0.15, 0.2) is 72.8 Å². The average molecular weight is 539 g/mol. The molecule has 0 heterocycles. The molecule has 0 atom stereocenters. The first kappa shape index (κ1) is 29.5. The van der Waals surface area contributed by atoms with Crippen molar-refractivity contribution < 1.29 is 19.0 Å². The molecule has 5 nitrogen and oxygen atoms in total. The summed E-state index contributed by atoms with van der Waals surface area (Å²) in [6.45, 7) is 1.71. The van der Waals surface area contributed by atoms with Crippen LogP contribution in [0.4, 0.5) is 5.69 Å². The summed E-state index contributed by atoms with van der Waals surface area (Å²) >= 11 is 5.91. The van der Waals surface area contributed by atoms with Gasteiger partial charge in [-0.15, -0.1) is 0 Å². The first-order valence-electron chi connectivity index (χ1n) is 13.5. The fraction of sp³-hybridized carbons (Fsp3) is 0.406. The standard InChI is InChI=1S/C32H41ClNO4/c1-34(2,3)29-16-12-26(13-17-29)24-32(35)37-23-9-7-5-4-6-8-22-36-30-18-20-31(21-19-30)38-25-27-10-14-28(33)15-11-27/h10-21H,4-9,22-25H2,1-3H3/q+1. The predicted molar refractivity (Wildman–Crippen MR) is 156 cm³/mol. The zero-order valence-electron chi connectivity index (χ0n) is 23.0. The molecule has 0 N–H and O–H groups in total. The highest BCUT2D eigenvalue weighted by Crippen LogP contribution is 2.20. The summed E-state index contributed by atoms with van der Waals surface area (Å²) in [5.74, 6) is 1.52. The van der Waals surface area contributed by atoms with Crippen molar-refractivity contribution in [1.29, 1.82) is 0 Å². The van der Waals surface area contributed by atoms with Crippen LogP contribution >= 0.6 is 11.6 Å². The van der Waals surface area contributed by atoms with Crippen molar-refractivity contribution in [1.82, 2.24) is 4.48 Å². The summed E-state index contributed by atoms with van der Waals surface area (Å²) in [4.78, 5) is 12.1. The number of esters is 1. The number of hydrogen-bond donors (Lipinski definition) is 0. The van der Waals surface area contributed by atoms with Crippen LogP contribution in [0.25, 0.3) is 0 Å². The monoisotopic (exact) mass is 538 g/mol. The molecule has 204 valence electrons. The normalized spacial score (nSPS) is 11.3. The van der Waals surface area contributed by atoms with Crippen molar-refractivity contribution in [2.45, 2.75) is 51.6 Å². The van der Waals surface area contributed by atoms with Crippen LogP contribution in [0.3, 0.4) is 0 Å². The molecule has 0 spiro atoms. The minimum absolute atomic E-state index is 0.152. The number of halogens is 1. The second kappa shape index (κ2) is 15.4. The van der Waals surface area contributed by atoms with Gasteiger partial charge in [-0.2, -0.15) is 0 Å². The molecule has 0 aliphatic rings. The van der Waals surface area contributed by atoms with Gasteiger partial charge >= 0.3 is 5.97 Å². The van der Waals surface area contributed by atoms with E-state index in [1.807, 2.05) is 60.7 Å². The smallest absolute Gasteiger partial charge is 0.310 e. The van der Waals surface area contributed by atoms with Crippen molar-refractivity contribution in [2.24, 2.45) is 0 Å². The van der Waals surface area contributed by atoms with Crippen LogP contribution in [-0.4, -0.2) is 40.3 Å². The molecule has 0 saturated heterocycles. The summed E-state index contributed by atoms with van der Waals surface area (Å²) in [6.07, 6.45) is 6.77. The highest BCUT2D eigenvalue weighted by atomic mass is 35.5. The van der Waals surface area contributed by atoms with Gasteiger partial charge in [-0.25, -0.2) is 0 Å². The molecule has 0 bridgehead atoms. The Kier molecular flexibility index (Phi) is 12.0.